The van der Waals surface area contributed by atoms with Crippen LogP contribution >= 0.6 is 0 Å². The number of hydrogen-bond donors (Lipinski definition) is 0. The second-order valence-electron chi connectivity index (χ2n) is 4.81. The predicted octanol–water partition coefficient (Wildman–Crippen LogP) is 2.60. The van der Waals surface area contributed by atoms with Gasteiger partial charge in [-0.25, -0.2) is 0 Å². The molecular weight excluding hydrogens is 212 g/mol. The summed E-state index contributed by atoms with van der Waals surface area (Å²) in [5, 5.41) is 0. The van der Waals surface area contributed by atoms with Crippen LogP contribution in [0.2, 0.25) is 0 Å². The van der Waals surface area contributed by atoms with E-state index in [1.807, 2.05) is 0 Å². The van der Waals surface area contributed by atoms with Crippen molar-refractivity contribution in [1.29, 1.82) is 0 Å². The monoisotopic (exact) mass is 230 g/mol. The topological polar surface area (TPSA) is 25.1 Å². The quantitative estimate of drug-likeness (QED) is 0.726. The van der Waals surface area contributed by atoms with Crippen LogP contribution in [-0.2, 0) is 22.3 Å². The Bertz CT molecular complexity index is 396. The van der Waals surface area contributed by atoms with Crippen LogP contribution in [0.25, 0.3) is 6.08 Å². The predicted molar refractivity (Wildman–Crippen MR) is 68.0 cm³/mol. The van der Waals surface area contributed by atoms with E-state index in [1.165, 1.54) is 16.7 Å². The molecule has 0 saturated carbocycles. The van der Waals surface area contributed by atoms with Gasteiger partial charge < -0.3 is 9.47 Å². The van der Waals surface area contributed by atoms with E-state index in [2.05, 4.69) is 37.3 Å². The first-order chi connectivity index (χ1) is 8.36. The molecule has 17 heavy (non-hydrogen) atoms. The summed E-state index contributed by atoms with van der Waals surface area (Å²) in [5.41, 5.74) is 4.19. The lowest BCUT2D eigenvalue weighted by atomic mass is 9.95. The Morgan fingerprint density at radius 3 is 2.06 bits per heavy atom. The molecule has 0 amide bonds. The second-order valence-corrected chi connectivity index (χ2v) is 4.81. The lowest BCUT2D eigenvalue weighted by Crippen LogP contribution is -2.02. The molecule has 3 rings (SSSR count). The molecule has 0 radical (unpaired) electrons. The fourth-order valence-corrected chi connectivity index (χ4v) is 2.27. The van der Waals surface area contributed by atoms with Crippen LogP contribution in [0.1, 0.15) is 23.6 Å². The van der Waals surface area contributed by atoms with Gasteiger partial charge in [-0.1, -0.05) is 30.4 Å². The number of benzene rings is 1. The van der Waals surface area contributed by atoms with Crippen molar-refractivity contribution in [2.24, 2.45) is 0 Å². The Kier molecular flexibility index (Phi) is 3.00. The van der Waals surface area contributed by atoms with Gasteiger partial charge in [0, 0.05) is 12.8 Å². The molecule has 1 aromatic carbocycles. The fourth-order valence-electron chi connectivity index (χ4n) is 2.27. The van der Waals surface area contributed by atoms with Crippen LogP contribution in [0.5, 0.6) is 0 Å². The van der Waals surface area contributed by atoms with Crippen molar-refractivity contribution in [1.82, 2.24) is 0 Å². The molecule has 2 atom stereocenters. The minimum Gasteiger partial charge on any atom is -0.373 e. The van der Waals surface area contributed by atoms with Gasteiger partial charge in [0.25, 0.3) is 0 Å². The van der Waals surface area contributed by atoms with Crippen LogP contribution in [-0.4, -0.2) is 25.4 Å². The first-order valence-electron chi connectivity index (χ1n) is 6.33. The normalized spacial score (nSPS) is 26.4. The molecule has 0 aromatic heterocycles. The Morgan fingerprint density at radius 2 is 1.65 bits per heavy atom. The van der Waals surface area contributed by atoms with E-state index in [9.17, 15) is 0 Å². The Labute approximate surface area is 102 Å². The molecular formula is C15H18O2. The van der Waals surface area contributed by atoms with Gasteiger partial charge in [0.05, 0.1) is 25.4 Å². The van der Waals surface area contributed by atoms with Gasteiger partial charge in [-0.05, 0) is 23.6 Å². The summed E-state index contributed by atoms with van der Waals surface area (Å²) in [6, 6.07) is 6.59. The van der Waals surface area contributed by atoms with Gasteiger partial charge in [0.15, 0.2) is 0 Å². The van der Waals surface area contributed by atoms with E-state index in [1.54, 1.807) is 0 Å². The molecule has 0 spiro atoms. The van der Waals surface area contributed by atoms with Crippen molar-refractivity contribution in [2.75, 3.05) is 13.2 Å². The molecule has 0 aliphatic carbocycles. The summed E-state index contributed by atoms with van der Waals surface area (Å²) in [7, 11) is 0. The molecule has 2 unspecified atom stereocenters. The highest BCUT2D eigenvalue weighted by molar-refractivity contribution is 5.58. The van der Waals surface area contributed by atoms with Crippen LogP contribution in [0.4, 0.5) is 0 Å². The summed E-state index contributed by atoms with van der Waals surface area (Å²) < 4.78 is 10.7. The third-order valence-corrected chi connectivity index (χ3v) is 3.32. The standard InChI is InChI=1S/C15H18O2/c1-2-4-15-11(7-13-9-16-13)5-3-6-12(15)8-14-10-17-14/h2-6,13-14H,7-10H2,1H3/b4-2+. The van der Waals surface area contributed by atoms with Crippen molar-refractivity contribution in [3.8, 4) is 0 Å². The van der Waals surface area contributed by atoms with Crippen molar-refractivity contribution >= 4 is 6.08 Å². The van der Waals surface area contributed by atoms with Crippen LogP contribution < -0.4 is 0 Å². The first-order valence-corrected chi connectivity index (χ1v) is 6.33. The molecule has 2 heteroatoms. The fraction of sp³-hybridized carbons (Fsp3) is 0.467. The maximum Gasteiger partial charge on any atom is 0.0850 e. The van der Waals surface area contributed by atoms with Crippen molar-refractivity contribution in [2.45, 2.75) is 32.0 Å². The highest BCUT2D eigenvalue weighted by atomic mass is 16.6. The van der Waals surface area contributed by atoms with E-state index in [0.717, 1.165) is 26.1 Å². The number of hydrogen-bond acceptors (Lipinski definition) is 2. The van der Waals surface area contributed by atoms with Crippen LogP contribution in [0, 0.1) is 0 Å². The molecule has 2 aliphatic heterocycles. The Morgan fingerprint density at radius 1 is 1.12 bits per heavy atom. The molecule has 2 nitrogen and oxygen atoms in total. The van der Waals surface area contributed by atoms with E-state index >= 15 is 0 Å². The molecule has 90 valence electrons. The Hall–Kier alpha value is -1.12. The highest BCUT2D eigenvalue weighted by Crippen LogP contribution is 2.26. The van der Waals surface area contributed by atoms with Gasteiger partial charge >= 0.3 is 0 Å². The van der Waals surface area contributed by atoms with Gasteiger partial charge in [-0.15, -0.1) is 0 Å². The van der Waals surface area contributed by atoms with E-state index in [4.69, 9.17) is 9.47 Å². The highest BCUT2D eigenvalue weighted by Gasteiger charge is 2.26. The summed E-state index contributed by atoms with van der Waals surface area (Å²) in [6.07, 6.45) is 7.31. The largest absolute Gasteiger partial charge is 0.373 e. The van der Waals surface area contributed by atoms with Crippen molar-refractivity contribution < 1.29 is 9.47 Å². The lowest BCUT2D eigenvalue weighted by molar-refractivity contribution is 0.406. The molecule has 1 aromatic rings. The third kappa shape index (κ3) is 2.76. The minimum absolute atomic E-state index is 0.450. The molecule has 0 bridgehead atoms. The van der Waals surface area contributed by atoms with Gasteiger partial charge in [-0.3, -0.25) is 0 Å². The summed E-state index contributed by atoms with van der Waals surface area (Å²) in [4.78, 5) is 0. The number of epoxide rings is 2. The second kappa shape index (κ2) is 4.63. The number of ether oxygens (including phenoxy) is 2. The molecule has 2 saturated heterocycles. The molecule has 2 aliphatic rings. The maximum absolute atomic E-state index is 5.33. The zero-order valence-electron chi connectivity index (χ0n) is 10.2. The summed E-state index contributed by atoms with van der Waals surface area (Å²) in [5.74, 6) is 0. The average molecular weight is 230 g/mol. The summed E-state index contributed by atoms with van der Waals surface area (Å²) >= 11 is 0. The van der Waals surface area contributed by atoms with Crippen molar-refractivity contribution in [3.63, 3.8) is 0 Å². The van der Waals surface area contributed by atoms with Gasteiger partial charge in [-0.2, -0.15) is 0 Å². The van der Waals surface area contributed by atoms with Crippen LogP contribution in [0.3, 0.4) is 0 Å². The SMILES string of the molecule is C/C=C/c1c(CC2CO2)cccc1CC1CO1. The number of rotatable bonds is 5. The molecule has 2 fully saturated rings. The molecule has 0 N–H and O–H groups in total. The summed E-state index contributed by atoms with van der Waals surface area (Å²) in [6.45, 7) is 3.91. The van der Waals surface area contributed by atoms with E-state index in [0.29, 0.717) is 12.2 Å². The molecule has 2 heterocycles. The lowest BCUT2D eigenvalue weighted by Gasteiger charge is -2.10. The van der Waals surface area contributed by atoms with Crippen LogP contribution in [0.15, 0.2) is 24.3 Å². The Balaban J connectivity index is 1.88. The van der Waals surface area contributed by atoms with E-state index < -0.39 is 0 Å². The van der Waals surface area contributed by atoms with E-state index in [-0.39, 0.29) is 0 Å². The van der Waals surface area contributed by atoms with Gasteiger partial charge in [0.1, 0.15) is 0 Å². The average Bonchev–Trinajstić information content (AvgIpc) is 3.17. The van der Waals surface area contributed by atoms with Crippen molar-refractivity contribution in [3.05, 3.63) is 41.0 Å². The zero-order chi connectivity index (χ0) is 11.7. The van der Waals surface area contributed by atoms with Gasteiger partial charge in [0.2, 0.25) is 0 Å². The number of allylic oxidation sites excluding steroid dienone is 1. The maximum atomic E-state index is 5.33. The minimum atomic E-state index is 0.450. The smallest absolute Gasteiger partial charge is 0.0850 e. The first kappa shape index (κ1) is 11.0. The third-order valence-electron chi connectivity index (χ3n) is 3.32. The zero-order valence-corrected chi connectivity index (χ0v) is 10.2.